The van der Waals surface area contributed by atoms with Crippen molar-refractivity contribution in [1.82, 2.24) is 29.4 Å². The van der Waals surface area contributed by atoms with Gasteiger partial charge in [-0.3, -0.25) is 4.90 Å². The van der Waals surface area contributed by atoms with Gasteiger partial charge in [0.15, 0.2) is 11.5 Å². The quantitative estimate of drug-likeness (QED) is 0.316. The minimum absolute atomic E-state index is 0.280. The molecular weight excluding hydrogens is 510 g/mol. The number of amides is 1. The van der Waals surface area contributed by atoms with E-state index in [9.17, 15) is 4.79 Å². The molecule has 0 aliphatic carbocycles. The Kier molecular flexibility index (Phi) is 7.29. The summed E-state index contributed by atoms with van der Waals surface area (Å²) < 4.78 is 6.35. The molecule has 2 saturated heterocycles. The number of anilines is 4. The molecule has 2 aliphatic heterocycles. The Bertz CT molecular complexity index is 1360. The van der Waals surface area contributed by atoms with Crippen LogP contribution in [0.25, 0.3) is 5.65 Å². The Morgan fingerprint density at radius 2 is 1.97 bits per heavy atom. The number of likely N-dealkylation sites (tertiary alicyclic amines) is 1. The molecule has 2 aromatic heterocycles. The second-order valence-corrected chi connectivity index (χ2v) is 9.48. The molecule has 0 atom stereocenters. The summed E-state index contributed by atoms with van der Waals surface area (Å²) >= 11 is 6.91. The van der Waals surface area contributed by atoms with E-state index in [-0.39, 0.29) is 12.0 Å². The number of nitrogens with zero attached hydrogens (tertiary/aromatic N) is 7. The lowest BCUT2D eigenvalue weighted by molar-refractivity contribution is 0.0269. The Morgan fingerprint density at radius 1 is 1.21 bits per heavy atom. The van der Waals surface area contributed by atoms with E-state index in [4.69, 9.17) is 27.2 Å². The highest BCUT2D eigenvalue weighted by Gasteiger charge is 2.36. The molecule has 13 nitrogen and oxygen atoms in total. The standard InChI is InChI=1S/C24H30ClN11O2/c1-3-28-21-22-29-12-16(11-27)36(22)32-23(31-21)30-18-8-15(10-26)9-19(20(18)25)34-6-4-33(5-7-34)17-13-35(14-17)24(37)38-2/h8-12,17,26-27H,3-7,13-14H2,1-2H3,(H2,28,30,31,32). The fourth-order valence-corrected chi connectivity index (χ4v) is 5.06. The monoisotopic (exact) mass is 539 g/mol. The minimum atomic E-state index is -0.280. The summed E-state index contributed by atoms with van der Waals surface area (Å²) in [5, 5.41) is 27.0. The maximum Gasteiger partial charge on any atom is 0.409 e. The first-order chi connectivity index (χ1) is 18.4. The summed E-state index contributed by atoms with van der Waals surface area (Å²) in [6.07, 6.45) is 3.76. The molecule has 0 saturated carbocycles. The number of hydrogen-bond acceptors (Lipinski definition) is 11. The fraction of sp³-hybridized carbons (Fsp3) is 0.417. The van der Waals surface area contributed by atoms with Crippen molar-refractivity contribution >= 4 is 58.9 Å². The van der Waals surface area contributed by atoms with Crippen LogP contribution in [0.1, 0.15) is 18.2 Å². The number of rotatable bonds is 8. The van der Waals surface area contributed by atoms with Gasteiger partial charge in [-0.25, -0.2) is 14.3 Å². The zero-order valence-corrected chi connectivity index (χ0v) is 22.0. The number of methoxy groups -OCH3 is 1. The van der Waals surface area contributed by atoms with Gasteiger partial charge in [-0.2, -0.15) is 4.98 Å². The molecule has 5 rings (SSSR count). The lowest BCUT2D eigenvalue weighted by Crippen LogP contribution is -2.64. The highest BCUT2D eigenvalue weighted by atomic mass is 35.5. The van der Waals surface area contributed by atoms with Crippen LogP contribution >= 0.6 is 11.6 Å². The summed E-state index contributed by atoms with van der Waals surface area (Å²) in [6.45, 7) is 7.17. The topological polar surface area (TPSA) is 151 Å². The average molecular weight is 540 g/mol. The number of halogens is 1. The fourth-order valence-electron chi connectivity index (χ4n) is 4.78. The molecule has 0 spiro atoms. The van der Waals surface area contributed by atoms with Crippen molar-refractivity contribution < 1.29 is 9.53 Å². The van der Waals surface area contributed by atoms with Gasteiger partial charge < -0.3 is 36.0 Å². The smallest absolute Gasteiger partial charge is 0.409 e. The van der Waals surface area contributed by atoms with Crippen molar-refractivity contribution in [1.29, 1.82) is 10.8 Å². The van der Waals surface area contributed by atoms with E-state index in [1.165, 1.54) is 19.5 Å². The predicted octanol–water partition coefficient (Wildman–Crippen LogP) is 2.52. The number of fused-ring (bicyclic) bond motifs is 1. The zero-order chi connectivity index (χ0) is 26.8. The molecule has 4 heterocycles. The number of ether oxygens (including phenoxy) is 1. The number of benzene rings is 1. The summed E-state index contributed by atoms with van der Waals surface area (Å²) in [5.74, 6) is 0.824. The Balaban J connectivity index is 1.36. The molecule has 0 unspecified atom stereocenters. The number of nitrogens with one attached hydrogen (secondary N) is 4. The molecule has 14 heteroatoms. The second-order valence-electron chi connectivity index (χ2n) is 9.10. The number of carbonyl (C=O) groups excluding carboxylic acids is 1. The van der Waals surface area contributed by atoms with Gasteiger partial charge in [0, 0.05) is 64.3 Å². The third kappa shape index (κ3) is 4.82. The van der Waals surface area contributed by atoms with Gasteiger partial charge >= 0.3 is 6.09 Å². The first kappa shape index (κ1) is 25.7. The van der Waals surface area contributed by atoms with Gasteiger partial charge in [0.1, 0.15) is 5.69 Å². The van der Waals surface area contributed by atoms with Crippen LogP contribution in [0, 0.1) is 10.8 Å². The third-order valence-electron chi connectivity index (χ3n) is 6.84. The summed E-state index contributed by atoms with van der Waals surface area (Å²) in [5.41, 5.74) is 3.14. The summed E-state index contributed by atoms with van der Waals surface area (Å²) in [7, 11) is 1.40. The SMILES string of the molecule is CCNc1nc(Nc2cc(C=N)cc(N3CCN(C4CN(C(=O)OC)C4)CC3)c2Cl)nn2c(C=N)cnc12. The van der Waals surface area contributed by atoms with E-state index >= 15 is 0 Å². The lowest BCUT2D eigenvalue weighted by Gasteiger charge is -2.47. The van der Waals surface area contributed by atoms with Gasteiger partial charge in [-0.1, -0.05) is 11.6 Å². The normalized spacial score (nSPS) is 16.3. The van der Waals surface area contributed by atoms with Gasteiger partial charge in [0.2, 0.25) is 5.95 Å². The average Bonchev–Trinajstić information content (AvgIpc) is 3.33. The Hall–Kier alpha value is -3.97. The summed E-state index contributed by atoms with van der Waals surface area (Å²) in [6, 6.07) is 4.04. The van der Waals surface area contributed by atoms with Crippen molar-refractivity contribution in [3.05, 3.63) is 34.6 Å². The maximum atomic E-state index is 11.7. The van der Waals surface area contributed by atoms with Gasteiger partial charge in [-0.15, -0.1) is 5.10 Å². The number of imidazole rings is 1. The molecule has 4 N–H and O–H groups in total. The molecule has 3 aromatic rings. The largest absolute Gasteiger partial charge is 0.453 e. The highest BCUT2D eigenvalue weighted by molar-refractivity contribution is 6.36. The van der Waals surface area contributed by atoms with Crippen molar-refractivity contribution in [2.45, 2.75) is 13.0 Å². The second kappa shape index (κ2) is 10.8. The molecule has 38 heavy (non-hydrogen) atoms. The Labute approximate surface area is 224 Å². The van der Waals surface area contributed by atoms with Crippen molar-refractivity contribution in [2.24, 2.45) is 0 Å². The van der Waals surface area contributed by atoms with Crippen LogP contribution in [0.15, 0.2) is 18.3 Å². The number of hydrogen-bond donors (Lipinski definition) is 4. The maximum absolute atomic E-state index is 11.7. The van der Waals surface area contributed by atoms with Crippen molar-refractivity contribution in [3.8, 4) is 0 Å². The third-order valence-corrected chi connectivity index (χ3v) is 7.23. The molecule has 200 valence electrons. The molecule has 2 fully saturated rings. The van der Waals surface area contributed by atoms with Crippen LogP contribution in [0.2, 0.25) is 5.02 Å². The van der Waals surface area contributed by atoms with Crippen LogP contribution < -0.4 is 15.5 Å². The van der Waals surface area contributed by atoms with E-state index in [0.29, 0.717) is 59.1 Å². The molecule has 2 aliphatic rings. The zero-order valence-electron chi connectivity index (χ0n) is 21.2. The number of carbonyl (C=O) groups is 1. The van der Waals surface area contributed by atoms with Crippen LogP contribution in [-0.4, -0.2) is 107 Å². The van der Waals surface area contributed by atoms with E-state index in [2.05, 4.69) is 35.5 Å². The number of aromatic nitrogens is 4. The summed E-state index contributed by atoms with van der Waals surface area (Å²) in [4.78, 5) is 26.9. The predicted molar refractivity (Wildman–Crippen MR) is 147 cm³/mol. The van der Waals surface area contributed by atoms with Crippen LogP contribution in [-0.2, 0) is 4.74 Å². The van der Waals surface area contributed by atoms with Gasteiger partial charge in [-0.05, 0) is 24.6 Å². The Morgan fingerprint density at radius 3 is 2.63 bits per heavy atom. The van der Waals surface area contributed by atoms with E-state index in [0.717, 1.165) is 31.9 Å². The number of piperazine rings is 1. The molecule has 1 aromatic carbocycles. The van der Waals surface area contributed by atoms with Crippen LogP contribution in [0.4, 0.5) is 27.9 Å². The minimum Gasteiger partial charge on any atom is -0.453 e. The molecule has 0 bridgehead atoms. The molecular formula is C24H30ClN11O2. The van der Waals surface area contributed by atoms with Gasteiger partial charge in [0.05, 0.1) is 29.7 Å². The van der Waals surface area contributed by atoms with E-state index < -0.39 is 0 Å². The first-order valence-corrected chi connectivity index (χ1v) is 12.8. The van der Waals surface area contributed by atoms with Gasteiger partial charge in [0.25, 0.3) is 0 Å². The first-order valence-electron chi connectivity index (χ1n) is 12.4. The lowest BCUT2D eigenvalue weighted by atomic mass is 10.1. The van der Waals surface area contributed by atoms with E-state index in [1.807, 2.05) is 13.0 Å². The molecule has 1 amide bonds. The van der Waals surface area contributed by atoms with Crippen molar-refractivity contribution in [2.75, 3.05) is 68.5 Å². The molecule has 0 radical (unpaired) electrons. The highest BCUT2D eigenvalue weighted by Crippen LogP contribution is 2.36. The van der Waals surface area contributed by atoms with Crippen LogP contribution in [0.3, 0.4) is 0 Å². The van der Waals surface area contributed by atoms with Crippen LogP contribution in [0.5, 0.6) is 0 Å². The van der Waals surface area contributed by atoms with E-state index in [1.54, 1.807) is 21.7 Å². The van der Waals surface area contributed by atoms with Crippen molar-refractivity contribution in [3.63, 3.8) is 0 Å².